The van der Waals surface area contributed by atoms with Crippen molar-refractivity contribution in [1.29, 1.82) is 5.41 Å². The number of carbonyl (C=O) groups is 1. The number of nitrogens with one attached hydrogen (secondary N) is 1. The highest BCUT2D eigenvalue weighted by atomic mass is 16.4. The monoisotopic (exact) mass is 356 g/mol. The minimum atomic E-state index is -1.34. The molecule has 0 aliphatic heterocycles. The Balaban J connectivity index is 1.94. The van der Waals surface area contributed by atoms with Crippen molar-refractivity contribution in [1.82, 2.24) is 14.7 Å². The van der Waals surface area contributed by atoms with Gasteiger partial charge in [0.1, 0.15) is 5.36 Å². The van der Waals surface area contributed by atoms with Gasteiger partial charge in [-0.15, -0.1) is 0 Å². The van der Waals surface area contributed by atoms with E-state index in [1.54, 1.807) is 0 Å². The normalized spacial score (nSPS) is 15.3. The van der Waals surface area contributed by atoms with Crippen LogP contribution in [0.4, 0.5) is 0 Å². The Hall–Kier alpha value is -2.67. The molecule has 1 aliphatic carbocycles. The SMILES string of the molecule is CN(Cc1ccccc1-n1cc(O)c(=N)c(C(=O)O)n1)C1CCCCC1. The first-order valence-corrected chi connectivity index (χ1v) is 8.86. The van der Waals surface area contributed by atoms with Crippen molar-refractivity contribution in [2.24, 2.45) is 0 Å². The number of carboxylic acid groups (broad SMARTS) is 1. The summed E-state index contributed by atoms with van der Waals surface area (Å²) in [5, 5.41) is 30.4. The van der Waals surface area contributed by atoms with Gasteiger partial charge in [0.25, 0.3) is 0 Å². The molecule has 3 N–H and O–H groups in total. The summed E-state index contributed by atoms with van der Waals surface area (Å²) in [6.45, 7) is 0.710. The number of rotatable bonds is 5. The summed E-state index contributed by atoms with van der Waals surface area (Å²) < 4.78 is 1.35. The first kappa shape index (κ1) is 18.1. The Morgan fingerprint density at radius 1 is 1.31 bits per heavy atom. The largest absolute Gasteiger partial charge is 0.504 e. The van der Waals surface area contributed by atoms with E-state index in [0.717, 1.165) is 5.56 Å². The van der Waals surface area contributed by atoms with Gasteiger partial charge in [-0.05, 0) is 31.5 Å². The first-order valence-electron chi connectivity index (χ1n) is 8.86. The number of para-hydroxylation sites is 1. The Kier molecular flexibility index (Phi) is 5.37. The molecule has 0 unspecified atom stereocenters. The third kappa shape index (κ3) is 3.77. The van der Waals surface area contributed by atoms with Crippen molar-refractivity contribution in [3.05, 3.63) is 47.1 Å². The van der Waals surface area contributed by atoms with E-state index in [0.29, 0.717) is 18.3 Å². The van der Waals surface area contributed by atoms with Gasteiger partial charge in [-0.2, -0.15) is 5.10 Å². The molecule has 1 aromatic heterocycles. The molecule has 7 nitrogen and oxygen atoms in total. The van der Waals surface area contributed by atoms with Crippen LogP contribution in [0.3, 0.4) is 0 Å². The lowest BCUT2D eigenvalue weighted by Crippen LogP contribution is -2.33. The van der Waals surface area contributed by atoms with Crippen molar-refractivity contribution in [3.63, 3.8) is 0 Å². The van der Waals surface area contributed by atoms with Crippen LogP contribution in [0, 0.1) is 5.41 Å². The summed E-state index contributed by atoms with van der Waals surface area (Å²) in [6.07, 6.45) is 7.50. The lowest BCUT2D eigenvalue weighted by atomic mass is 9.94. The molecule has 0 radical (unpaired) electrons. The molecule has 0 atom stereocenters. The molecule has 138 valence electrons. The lowest BCUT2D eigenvalue weighted by Gasteiger charge is -2.31. The Morgan fingerprint density at radius 3 is 2.69 bits per heavy atom. The molecule has 1 saturated carbocycles. The second-order valence-electron chi connectivity index (χ2n) is 6.82. The molecule has 1 fully saturated rings. The highest BCUT2D eigenvalue weighted by Gasteiger charge is 2.20. The van der Waals surface area contributed by atoms with E-state index in [-0.39, 0.29) is 0 Å². The predicted molar refractivity (Wildman–Crippen MR) is 96.4 cm³/mol. The molecule has 0 spiro atoms. The number of carboxylic acids is 1. The number of aromatic nitrogens is 2. The third-order valence-corrected chi connectivity index (χ3v) is 5.00. The number of aromatic hydroxyl groups is 1. The van der Waals surface area contributed by atoms with Gasteiger partial charge in [-0.1, -0.05) is 37.5 Å². The van der Waals surface area contributed by atoms with Crippen LogP contribution >= 0.6 is 0 Å². The molecule has 1 aliphatic rings. The molecule has 7 heteroatoms. The van der Waals surface area contributed by atoms with Gasteiger partial charge in [0.2, 0.25) is 0 Å². The number of hydrogen-bond donors (Lipinski definition) is 3. The van der Waals surface area contributed by atoms with E-state index < -0.39 is 22.8 Å². The van der Waals surface area contributed by atoms with Crippen molar-refractivity contribution >= 4 is 5.97 Å². The number of hydrogen-bond acceptors (Lipinski definition) is 5. The van der Waals surface area contributed by atoms with Crippen LogP contribution in [0.1, 0.15) is 48.2 Å². The van der Waals surface area contributed by atoms with Gasteiger partial charge in [-0.3, -0.25) is 10.3 Å². The van der Waals surface area contributed by atoms with Crippen LogP contribution in [-0.4, -0.2) is 44.0 Å². The minimum Gasteiger partial charge on any atom is -0.504 e. The molecule has 0 amide bonds. The maximum atomic E-state index is 11.3. The average Bonchev–Trinajstić information content (AvgIpc) is 2.65. The molecule has 1 heterocycles. The van der Waals surface area contributed by atoms with E-state index in [1.807, 2.05) is 24.3 Å². The fraction of sp³-hybridized carbons (Fsp3) is 0.421. The number of benzene rings is 1. The van der Waals surface area contributed by atoms with Gasteiger partial charge in [0, 0.05) is 12.6 Å². The van der Waals surface area contributed by atoms with Crippen LogP contribution < -0.4 is 5.36 Å². The van der Waals surface area contributed by atoms with Crippen LogP contribution in [0.5, 0.6) is 5.75 Å². The summed E-state index contributed by atoms with van der Waals surface area (Å²) in [6, 6.07) is 8.15. The zero-order valence-corrected chi connectivity index (χ0v) is 14.9. The van der Waals surface area contributed by atoms with Gasteiger partial charge in [0.05, 0.1) is 11.9 Å². The molecular weight excluding hydrogens is 332 g/mol. The summed E-state index contributed by atoms with van der Waals surface area (Å²) in [7, 11) is 2.11. The minimum absolute atomic E-state index is 0.409. The molecule has 1 aromatic carbocycles. The Labute approximate surface area is 152 Å². The molecule has 0 bridgehead atoms. The zero-order valence-electron chi connectivity index (χ0n) is 14.9. The first-order chi connectivity index (χ1) is 12.5. The van der Waals surface area contributed by atoms with Crippen molar-refractivity contribution < 1.29 is 15.0 Å². The second kappa shape index (κ2) is 7.70. The van der Waals surface area contributed by atoms with Crippen molar-refractivity contribution in [2.45, 2.75) is 44.7 Å². The topological polar surface area (TPSA) is 102 Å². The third-order valence-electron chi connectivity index (χ3n) is 5.00. The zero-order chi connectivity index (χ0) is 18.7. The Morgan fingerprint density at radius 2 is 2.00 bits per heavy atom. The van der Waals surface area contributed by atoms with E-state index in [1.165, 1.54) is 43.0 Å². The molecule has 3 rings (SSSR count). The molecule has 0 saturated heterocycles. The van der Waals surface area contributed by atoms with Gasteiger partial charge in [0.15, 0.2) is 11.4 Å². The second-order valence-corrected chi connectivity index (χ2v) is 6.82. The van der Waals surface area contributed by atoms with Crippen LogP contribution in [0.2, 0.25) is 0 Å². The number of nitrogens with zero attached hydrogens (tertiary/aromatic N) is 3. The van der Waals surface area contributed by atoms with Crippen LogP contribution in [0.15, 0.2) is 30.5 Å². The summed E-state index contributed by atoms with van der Waals surface area (Å²) in [5.41, 5.74) is 1.22. The smallest absolute Gasteiger partial charge is 0.358 e. The Bertz CT molecular complexity index is 856. The highest BCUT2D eigenvalue weighted by molar-refractivity contribution is 5.85. The molecular formula is C19H24N4O3. The van der Waals surface area contributed by atoms with Crippen molar-refractivity contribution in [2.75, 3.05) is 7.05 Å². The predicted octanol–water partition coefficient (Wildman–Crippen LogP) is 2.52. The van der Waals surface area contributed by atoms with E-state index in [4.69, 9.17) is 5.41 Å². The average molecular weight is 356 g/mol. The number of aromatic carboxylic acids is 1. The van der Waals surface area contributed by atoms with Crippen molar-refractivity contribution in [3.8, 4) is 11.4 Å². The van der Waals surface area contributed by atoms with Gasteiger partial charge in [-0.25, -0.2) is 9.48 Å². The maximum Gasteiger partial charge on any atom is 0.358 e. The van der Waals surface area contributed by atoms with E-state index in [2.05, 4.69) is 17.0 Å². The standard InChI is InChI=1S/C19H24N4O3/c1-22(14-8-3-2-4-9-14)11-13-7-5-6-10-15(13)23-12-16(24)17(20)18(21-23)19(25)26/h5-7,10,12,14,20,24H,2-4,8-9,11H2,1H3,(H,25,26). The van der Waals surface area contributed by atoms with E-state index >= 15 is 0 Å². The maximum absolute atomic E-state index is 11.3. The highest BCUT2D eigenvalue weighted by Crippen LogP contribution is 2.24. The fourth-order valence-electron chi connectivity index (χ4n) is 3.55. The van der Waals surface area contributed by atoms with E-state index in [9.17, 15) is 15.0 Å². The van der Waals surface area contributed by atoms with Gasteiger partial charge < -0.3 is 10.2 Å². The summed E-state index contributed by atoms with van der Waals surface area (Å²) >= 11 is 0. The fourth-order valence-corrected chi connectivity index (χ4v) is 3.55. The molecule has 26 heavy (non-hydrogen) atoms. The quantitative estimate of drug-likeness (QED) is 0.764. The summed E-state index contributed by atoms with van der Waals surface area (Å²) in [5.74, 6) is -1.75. The van der Waals surface area contributed by atoms with Crippen LogP contribution in [-0.2, 0) is 6.54 Å². The molecule has 2 aromatic rings. The van der Waals surface area contributed by atoms with Gasteiger partial charge >= 0.3 is 5.97 Å². The summed E-state index contributed by atoms with van der Waals surface area (Å²) in [4.78, 5) is 13.6. The lowest BCUT2D eigenvalue weighted by molar-refractivity contribution is 0.0685. The van der Waals surface area contributed by atoms with Crippen LogP contribution in [0.25, 0.3) is 5.69 Å².